The fraction of sp³-hybridized carbons (Fsp3) is 0.0435. The summed E-state index contributed by atoms with van der Waals surface area (Å²) in [5.74, 6) is -0.152. The third kappa shape index (κ3) is 2.63. The van der Waals surface area contributed by atoms with Crippen molar-refractivity contribution >= 4 is 40.2 Å². The summed E-state index contributed by atoms with van der Waals surface area (Å²) in [7, 11) is 0. The fourth-order valence-corrected chi connectivity index (χ4v) is 4.56. The number of para-hydroxylation sites is 1. The van der Waals surface area contributed by atoms with Crippen molar-refractivity contribution in [2.45, 2.75) is 16.7 Å². The number of rotatable bonds is 3. The molecule has 5 heteroatoms. The van der Waals surface area contributed by atoms with E-state index in [0.717, 1.165) is 26.7 Å². The predicted molar refractivity (Wildman–Crippen MR) is 111 cm³/mol. The highest BCUT2D eigenvalue weighted by atomic mass is 32.2. The number of nitrogens with zero attached hydrogens (tertiary/aromatic N) is 1. The van der Waals surface area contributed by atoms with E-state index in [0.29, 0.717) is 16.8 Å². The first kappa shape index (κ1) is 16.8. The maximum atomic E-state index is 13.3. The van der Waals surface area contributed by atoms with E-state index >= 15 is 0 Å². The van der Waals surface area contributed by atoms with E-state index in [-0.39, 0.29) is 11.6 Å². The molecular formula is C23H16N2O2S. The maximum absolute atomic E-state index is 13.3. The lowest BCUT2D eigenvalue weighted by Crippen LogP contribution is -2.07. The van der Waals surface area contributed by atoms with Gasteiger partial charge in [0.15, 0.2) is 5.78 Å². The molecule has 0 fully saturated rings. The summed E-state index contributed by atoms with van der Waals surface area (Å²) in [6.45, 7) is 1.52. The van der Waals surface area contributed by atoms with E-state index < -0.39 is 0 Å². The Balaban J connectivity index is 1.58. The van der Waals surface area contributed by atoms with Crippen molar-refractivity contribution in [2.24, 2.45) is 0 Å². The van der Waals surface area contributed by atoms with Crippen LogP contribution in [0, 0.1) is 0 Å². The quantitative estimate of drug-likeness (QED) is 0.413. The Kier molecular flexibility index (Phi) is 3.84. The summed E-state index contributed by atoms with van der Waals surface area (Å²) >= 11 is 1.65. The van der Waals surface area contributed by atoms with Crippen LogP contribution in [0.3, 0.4) is 0 Å². The van der Waals surface area contributed by atoms with Crippen molar-refractivity contribution in [2.75, 3.05) is 5.32 Å². The van der Waals surface area contributed by atoms with Gasteiger partial charge in [-0.15, -0.1) is 0 Å². The molecule has 0 unspecified atom stereocenters. The first-order valence-corrected chi connectivity index (χ1v) is 9.77. The van der Waals surface area contributed by atoms with E-state index in [1.54, 1.807) is 22.2 Å². The number of aromatic nitrogens is 1. The molecule has 4 nitrogen and oxygen atoms in total. The van der Waals surface area contributed by atoms with Crippen molar-refractivity contribution < 1.29 is 9.59 Å². The number of hydrogen-bond donors (Lipinski definition) is 1. The summed E-state index contributed by atoms with van der Waals surface area (Å²) in [5, 5.41) is 3.41. The monoisotopic (exact) mass is 384 g/mol. The maximum Gasteiger partial charge on any atom is 0.209 e. The average molecular weight is 384 g/mol. The number of anilines is 2. The number of nitrogens with one attached hydrogen (secondary N) is 1. The summed E-state index contributed by atoms with van der Waals surface area (Å²) < 4.78 is 1.79. The van der Waals surface area contributed by atoms with Gasteiger partial charge in [0.1, 0.15) is 0 Å². The molecule has 0 bridgehead atoms. The largest absolute Gasteiger partial charge is 0.354 e. The molecule has 2 aromatic heterocycles. The molecule has 28 heavy (non-hydrogen) atoms. The molecule has 1 N–H and O–H groups in total. The van der Waals surface area contributed by atoms with Crippen LogP contribution < -0.4 is 5.32 Å². The van der Waals surface area contributed by atoms with Gasteiger partial charge >= 0.3 is 0 Å². The first-order valence-electron chi connectivity index (χ1n) is 8.95. The molecular weight excluding hydrogens is 368 g/mol. The summed E-state index contributed by atoms with van der Waals surface area (Å²) in [5.41, 5.74) is 4.47. The second-order valence-corrected chi connectivity index (χ2v) is 7.80. The highest BCUT2D eigenvalue weighted by molar-refractivity contribution is 7.99. The Morgan fingerprint density at radius 2 is 1.68 bits per heavy atom. The van der Waals surface area contributed by atoms with Crippen molar-refractivity contribution in [1.29, 1.82) is 0 Å². The molecule has 0 saturated carbocycles. The van der Waals surface area contributed by atoms with Crippen molar-refractivity contribution in [3.63, 3.8) is 0 Å². The summed E-state index contributed by atoms with van der Waals surface area (Å²) in [4.78, 5) is 27.4. The van der Waals surface area contributed by atoms with Gasteiger partial charge in [-0.05, 0) is 55.5 Å². The van der Waals surface area contributed by atoms with Gasteiger partial charge < -0.3 is 9.72 Å². The number of carbonyl (C=O) groups excluding carboxylic acids is 2. The zero-order valence-electron chi connectivity index (χ0n) is 15.1. The molecule has 3 heterocycles. The predicted octanol–water partition coefficient (Wildman–Crippen LogP) is 5.58. The number of pyridine rings is 1. The van der Waals surface area contributed by atoms with E-state index in [2.05, 4.69) is 11.4 Å². The molecule has 0 spiro atoms. The van der Waals surface area contributed by atoms with Gasteiger partial charge in [-0.3, -0.25) is 9.59 Å². The Hall–Kier alpha value is -3.31. The summed E-state index contributed by atoms with van der Waals surface area (Å²) in [6.07, 6.45) is 1.82. The number of benzene rings is 2. The van der Waals surface area contributed by atoms with Crippen LogP contribution >= 0.6 is 11.8 Å². The van der Waals surface area contributed by atoms with Crippen LogP contribution in [0.15, 0.2) is 82.7 Å². The zero-order valence-corrected chi connectivity index (χ0v) is 15.9. The third-order valence-electron chi connectivity index (χ3n) is 4.91. The van der Waals surface area contributed by atoms with Crippen molar-refractivity contribution in [3.05, 3.63) is 89.7 Å². The van der Waals surface area contributed by atoms with Crippen LogP contribution in [0.5, 0.6) is 0 Å². The lowest BCUT2D eigenvalue weighted by Gasteiger charge is -2.21. The minimum atomic E-state index is -0.101. The Bertz CT molecular complexity index is 1270. The smallest absolute Gasteiger partial charge is 0.209 e. The second-order valence-electron chi connectivity index (χ2n) is 6.72. The number of Topliss-reactive ketones (excluding diaryl/α,β-unsaturated/α-hetero) is 1. The second kappa shape index (κ2) is 6.39. The van der Waals surface area contributed by atoms with Gasteiger partial charge in [-0.1, -0.05) is 30.0 Å². The van der Waals surface area contributed by atoms with Gasteiger partial charge in [0.05, 0.1) is 22.6 Å². The van der Waals surface area contributed by atoms with Gasteiger partial charge in [0, 0.05) is 27.1 Å². The van der Waals surface area contributed by atoms with E-state index in [9.17, 15) is 9.59 Å². The van der Waals surface area contributed by atoms with Crippen molar-refractivity contribution in [3.8, 4) is 0 Å². The number of carbonyl (C=O) groups is 2. The highest BCUT2D eigenvalue weighted by Gasteiger charge is 2.21. The molecule has 0 radical (unpaired) electrons. The number of hydrogen-bond acceptors (Lipinski definition) is 4. The minimum absolute atomic E-state index is 0.0513. The topological polar surface area (TPSA) is 50.6 Å². The van der Waals surface area contributed by atoms with Crippen molar-refractivity contribution in [1.82, 2.24) is 4.40 Å². The normalized spacial score (nSPS) is 12.2. The van der Waals surface area contributed by atoms with Gasteiger partial charge in [0.25, 0.3) is 0 Å². The summed E-state index contributed by atoms with van der Waals surface area (Å²) in [6, 6.07) is 21.1. The molecule has 0 aliphatic carbocycles. The van der Waals surface area contributed by atoms with Crippen LogP contribution in [0.25, 0.3) is 5.52 Å². The zero-order chi connectivity index (χ0) is 19.3. The highest BCUT2D eigenvalue weighted by Crippen LogP contribution is 2.44. The Morgan fingerprint density at radius 3 is 2.54 bits per heavy atom. The molecule has 2 aromatic carbocycles. The fourth-order valence-electron chi connectivity index (χ4n) is 3.53. The van der Waals surface area contributed by atoms with E-state index in [1.165, 1.54) is 6.92 Å². The minimum Gasteiger partial charge on any atom is -0.354 e. The standard InChI is InChI=1S/C23H16N2O2S/c1-14(26)16-13-20(25-11-5-4-7-19(16)25)23(27)15-9-10-18-22(12-15)28-21-8-3-2-6-17(21)24-18/h2-13,24H,1H3. The first-order chi connectivity index (χ1) is 13.6. The Labute approximate surface area is 166 Å². The Morgan fingerprint density at radius 1 is 0.893 bits per heavy atom. The van der Waals surface area contributed by atoms with E-state index in [1.807, 2.05) is 60.8 Å². The van der Waals surface area contributed by atoms with Gasteiger partial charge in [-0.2, -0.15) is 0 Å². The van der Waals surface area contributed by atoms with Gasteiger partial charge in [0.2, 0.25) is 5.78 Å². The average Bonchev–Trinajstić information content (AvgIpc) is 3.11. The van der Waals surface area contributed by atoms with Crippen LogP contribution in [0.1, 0.15) is 33.3 Å². The lowest BCUT2D eigenvalue weighted by atomic mass is 10.1. The molecule has 1 aliphatic rings. The van der Waals surface area contributed by atoms with Crippen LogP contribution in [0.2, 0.25) is 0 Å². The van der Waals surface area contributed by atoms with E-state index in [4.69, 9.17) is 0 Å². The van der Waals surface area contributed by atoms with Gasteiger partial charge in [-0.25, -0.2) is 0 Å². The molecule has 5 rings (SSSR count). The van der Waals surface area contributed by atoms with Crippen LogP contribution in [-0.2, 0) is 0 Å². The molecule has 1 aliphatic heterocycles. The van der Waals surface area contributed by atoms with Crippen LogP contribution in [0.4, 0.5) is 11.4 Å². The SMILES string of the molecule is CC(=O)c1cc(C(=O)c2ccc3c(c2)Sc2ccccc2N3)n2ccccc12. The lowest BCUT2D eigenvalue weighted by molar-refractivity contribution is 0.101. The molecule has 0 atom stereocenters. The molecule has 4 aromatic rings. The molecule has 136 valence electrons. The molecule has 0 amide bonds. The number of fused-ring (bicyclic) bond motifs is 3. The molecule has 0 saturated heterocycles. The van der Waals surface area contributed by atoms with Crippen LogP contribution in [-0.4, -0.2) is 16.0 Å². The third-order valence-corrected chi connectivity index (χ3v) is 6.04. The number of ketones is 2.